The van der Waals surface area contributed by atoms with E-state index in [1.807, 2.05) is 7.05 Å². The largest absolute Gasteiger partial charge is 0.356 e. The second kappa shape index (κ2) is 7.62. The average molecular weight is 294 g/mol. The second-order valence-corrected chi connectivity index (χ2v) is 6.60. The molecule has 0 spiro atoms. The van der Waals surface area contributed by atoms with Gasteiger partial charge >= 0.3 is 0 Å². The van der Waals surface area contributed by atoms with Crippen LogP contribution in [0.15, 0.2) is 10.4 Å². The smallest absolute Gasteiger partial charge is 0.191 e. The van der Waals surface area contributed by atoms with Crippen molar-refractivity contribution in [1.29, 1.82) is 0 Å². The van der Waals surface area contributed by atoms with Gasteiger partial charge in [0.25, 0.3) is 0 Å². The summed E-state index contributed by atoms with van der Waals surface area (Å²) in [5.41, 5.74) is 1.18. The molecular weight excluding hydrogens is 268 g/mol. The van der Waals surface area contributed by atoms with E-state index in [-0.39, 0.29) is 0 Å². The van der Waals surface area contributed by atoms with Crippen LogP contribution >= 0.6 is 11.3 Å². The molecule has 1 aliphatic carbocycles. The van der Waals surface area contributed by atoms with Gasteiger partial charge in [0.1, 0.15) is 0 Å². The van der Waals surface area contributed by atoms with Gasteiger partial charge in [-0.2, -0.15) is 0 Å². The van der Waals surface area contributed by atoms with Crippen molar-refractivity contribution in [1.82, 2.24) is 15.6 Å². The number of hydrogen-bond donors (Lipinski definition) is 2. The number of guanidine groups is 1. The SMILES string of the molecule is CN=C(NCCc1csc(C(C)C)n1)NC1CCCC1. The van der Waals surface area contributed by atoms with Crippen LogP contribution in [0, 0.1) is 0 Å². The number of aromatic nitrogens is 1. The van der Waals surface area contributed by atoms with E-state index in [0.717, 1.165) is 18.9 Å². The molecule has 0 atom stereocenters. The number of nitrogens with one attached hydrogen (secondary N) is 2. The van der Waals surface area contributed by atoms with Crippen molar-refractivity contribution in [3.8, 4) is 0 Å². The van der Waals surface area contributed by atoms with E-state index in [0.29, 0.717) is 12.0 Å². The van der Waals surface area contributed by atoms with Gasteiger partial charge < -0.3 is 10.6 Å². The van der Waals surface area contributed by atoms with Crippen LogP contribution in [-0.2, 0) is 6.42 Å². The molecule has 20 heavy (non-hydrogen) atoms. The van der Waals surface area contributed by atoms with Gasteiger partial charge in [-0.1, -0.05) is 26.7 Å². The van der Waals surface area contributed by atoms with Gasteiger partial charge in [0, 0.05) is 37.4 Å². The highest BCUT2D eigenvalue weighted by Crippen LogP contribution is 2.19. The Balaban J connectivity index is 1.72. The van der Waals surface area contributed by atoms with Gasteiger partial charge in [-0.15, -0.1) is 11.3 Å². The maximum atomic E-state index is 4.65. The molecule has 5 heteroatoms. The van der Waals surface area contributed by atoms with Gasteiger partial charge in [-0.25, -0.2) is 4.98 Å². The molecule has 2 N–H and O–H groups in total. The lowest BCUT2D eigenvalue weighted by molar-refractivity contribution is 0.613. The van der Waals surface area contributed by atoms with Crippen LogP contribution in [0.5, 0.6) is 0 Å². The highest BCUT2D eigenvalue weighted by molar-refractivity contribution is 7.09. The predicted molar refractivity (Wildman–Crippen MR) is 86.7 cm³/mol. The molecule has 0 amide bonds. The number of thiazole rings is 1. The minimum absolute atomic E-state index is 0.526. The number of rotatable bonds is 5. The predicted octanol–water partition coefficient (Wildman–Crippen LogP) is 2.92. The summed E-state index contributed by atoms with van der Waals surface area (Å²) < 4.78 is 0. The Hall–Kier alpha value is -1.10. The first-order valence-electron chi connectivity index (χ1n) is 7.60. The average Bonchev–Trinajstić information content (AvgIpc) is 3.08. The maximum Gasteiger partial charge on any atom is 0.191 e. The molecule has 4 nitrogen and oxygen atoms in total. The summed E-state index contributed by atoms with van der Waals surface area (Å²) in [6.45, 7) is 5.26. The van der Waals surface area contributed by atoms with Crippen molar-refractivity contribution in [2.75, 3.05) is 13.6 Å². The fraction of sp³-hybridized carbons (Fsp3) is 0.733. The molecule has 112 valence electrons. The molecule has 2 rings (SSSR count). The first-order valence-corrected chi connectivity index (χ1v) is 8.48. The van der Waals surface area contributed by atoms with Crippen LogP contribution in [-0.4, -0.2) is 30.6 Å². The standard InChI is InChI=1S/C15H26N4S/c1-11(2)14-18-13(10-20-14)8-9-17-15(16-3)19-12-6-4-5-7-12/h10-12H,4-9H2,1-3H3,(H2,16,17,19). The third kappa shape index (κ3) is 4.47. The minimum atomic E-state index is 0.526. The van der Waals surface area contributed by atoms with Crippen molar-refractivity contribution in [2.45, 2.75) is 57.9 Å². The highest BCUT2D eigenvalue weighted by atomic mass is 32.1. The van der Waals surface area contributed by atoms with E-state index in [2.05, 4.69) is 39.8 Å². The molecule has 1 aliphatic rings. The molecule has 0 unspecified atom stereocenters. The van der Waals surface area contributed by atoms with E-state index in [9.17, 15) is 0 Å². The summed E-state index contributed by atoms with van der Waals surface area (Å²) >= 11 is 1.76. The molecule has 1 aromatic rings. The molecule has 0 saturated heterocycles. The van der Waals surface area contributed by atoms with Crippen molar-refractivity contribution in [3.05, 3.63) is 16.1 Å². The number of nitrogens with zero attached hydrogens (tertiary/aromatic N) is 2. The minimum Gasteiger partial charge on any atom is -0.356 e. The summed E-state index contributed by atoms with van der Waals surface area (Å²) in [7, 11) is 1.84. The Morgan fingerprint density at radius 2 is 2.20 bits per heavy atom. The van der Waals surface area contributed by atoms with E-state index >= 15 is 0 Å². The van der Waals surface area contributed by atoms with Crippen LogP contribution in [0.25, 0.3) is 0 Å². The quantitative estimate of drug-likeness (QED) is 0.648. The van der Waals surface area contributed by atoms with Gasteiger partial charge in [0.15, 0.2) is 5.96 Å². The van der Waals surface area contributed by atoms with E-state index in [4.69, 9.17) is 0 Å². The zero-order chi connectivity index (χ0) is 14.4. The third-order valence-corrected chi connectivity index (χ3v) is 4.85. The lowest BCUT2D eigenvalue weighted by Gasteiger charge is -2.16. The Labute approximate surface area is 126 Å². The van der Waals surface area contributed by atoms with Gasteiger partial charge in [0.2, 0.25) is 0 Å². The van der Waals surface area contributed by atoms with Crippen LogP contribution in [0.4, 0.5) is 0 Å². The van der Waals surface area contributed by atoms with Crippen molar-refractivity contribution >= 4 is 17.3 Å². The summed E-state index contributed by atoms with van der Waals surface area (Å²) in [5, 5.41) is 10.3. The number of hydrogen-bond acceptors (Lipinski definition) is 3. The fourth-order valence-corrected chi connectivity index (χ4v) is 3.34. The molecule has 0 radical (unpaired) electrons. The maximum absolute atomic E-state index is 4.65. The molecule has 1 heterocycles. The van der Waals surface area contributed by atoms with Crippen LogP contribution in [0.1, 0.15) is 56.2 Å². The van der Waals surface area contributed by atoms with E-state index < -0.39 is 0 Å². The number of aliphatic imine (C=N–C) groups is 1. The second-order valence-electron chi connectivity index (χ2n) is 5.71. The lowest BCUT2D eigenvalue weighted by atomic mass is 10.2. The van der Waals surface area contributed by atoms with Crippen LogP contribution in [0.3, 0.4) is 0 Å². The molecule has 0 bridgehead atoms. The van der Waals surface area contributed by atoms with Gasteiger partial charge in [0.05, 0.1) is 10.7 Å². The summed E-state index contributed by atoms with van der Waals surface area (Å²) in [4.78, 5) is 8.95. The Bertz CT molecular complexity index is 433. The molecular formula is C15H26N4S. The Kier molecular flexibility index (Phi) is 5.83. The molecule has 1 fully saturated rings. The molecule has 0 aromatic carbocycles. The Morgan fingerprint density at radius 3 is 2.80 bits per heavy atom. The zero-order valence-electron chi connectivity index (χ0n) is 12.8. The van der Waals surface area contributed by atoms with Crippen molar-refractivity contribution < 1.29 is 0 Å². The highest BCUT2D eigenvalue weighted by Gasteiger charge is 2.15. The zero-order valence-corrected chi connectivity index (χ0v) is 13.6. The summed E-state index contributed by atoms with van der Waals surface area (Å²) in [6.07, 6.45) is 6.17. The molecule has 0 aliphatic heterocycles. The van der Waals surface area contributed by atoms with Gasteiger partial charge in [-0.05, 0) is 12.8 Å². The molecule has 1 saturated carbocycles. The first-order chi connectivity index (χ1) is 9.69. The molecule has 1 aromatic heterocycles. The van der Waals surface area contributed by atoms with Crippen LogP contribution < -0.4 is 10.6 Å². The third-order valence-electron chi connectivity index (χ3n) is 3.66. The monoisotopic (exact) mass is 294 g/mol. The van der Waals surface area contributed by atoms with E-state index in [1.54, 1.807) is 11.3 Å². The first kappa shape index (κ1) is 15.3. The van der Waals surface area contributed by atoms with Crippen molar-refractivity contribution in [2.24, 2.45) is 4.99 Å². The summed E-state index contributed by atoms with van der Waals surface area (Å²) in [5.74, 6) is 1.45. The summed E-state index contributed by atoms with van der Waals surface area (Å²) in [6, 6.07) is 0.605. The van der Waals surface area contributed by atoms with Crippen LogP contribution in [0.2, 0.25) is 0 Å². The van der Waals surface area contributed by atoms with Crippen molar-refractivity contribution in [3.63, 3.8) is 0 Å². The lowest BCUT2D eigenvalue weighted by Crippen LogP contribution is -2.43. The van der Waals surface area contributed by atoms with E-state index in [1.165, 1.54) is 36.4 Å². The van der Waals surface area contributed by atoms with Gasteiger partial charge in [-0.3, -0.25) is 4.99 Å². The Morgan fingerprint density at radius 1 is 1.45 bits per heavy atom. The normalized spacial score (nSPS) is 16.9. The topological polar surface area (TPSA) is 49.3 Å². The fourth-order valence-electron chi connectivity index (χ4n) is 2.47.